The Kier molecular flexibility index (Phi) is 11.8. The van der Waals surface area contributed by atoms with Crippen molar-refractivity contribution in [3.05, 3.63) is 36.0 Å². The summed E-state index contributed by atoms with van der Waals surface area (Å²) in [4.78, 5) is 68.2. The molecule has 0 bridgehead atoms. The number of primary amides is 1. The van der Waals surface area contributed by atoms with Gasteiger partial charge in [0.05, 0.1) is 19.1 Å². The van der Waals surface area contributed by atoms with E-state index in [0.29, 0.717) is 0 Å². The highest BCUT2D eigenvalue weighted by molar-refractivity contribution is 5.96. The molecule has 2 aromatic rings. The number of aliphatic hydroxyl groups excluding tert-OH is 1. The first kappa shape index (κ1) is 31.5. The number of amides is 4. The number of rotatable bonds is 16. The summed E-state index contributed by atoms with van der Waals surface area (Å²) in [6, 6.07) is 1.82. The summed E-state index contributed by atoms with van der Waals surface area (Å²) in [6.45, 7) is -0.741. The van der Waals surface area contributed by atoms with E-state index in [0.717, 1.165) is 16.5 Å². The van der Waals surface area contributed by atoms with Crippen molar-refractivity contribution in [2.45, 2.75) is 49.9 Å². The number of hydrogen-bond acceptors (Lipinski definition) is 8. The SMILES string of the molecule is NC(=O)CC(NC(=O)C(CO)NC(=O)C(N)Cc1c[nH]c2ccccc12)C(=O)NC(CCCN=C(N)N)C(=O)O. The number of para-hydroxylation sites is 1. The maximum atomic E-state index is 12.8. The van der Waals surface area contributed by atoms with E-state index in [1.165, 1.54) is 0 Å². The lowest BCUT2D eigenvalue weighted by atomic mass is 10.0. The number of H-pyrrole nitrogens is 1. The molecule has 4 amide bonds. The minimum absolute atomic E-state index is 0.0568. The second-order valence-electron chi connectivity index (χ2n) is 8.99. The molecule has 0 radical (unpaired) electrons. The van der Waals surface area contributed by atoms with Crippen LogP contribution in [0, 0.1) is 0 Å². The molecule has 0 saturated heterocycles. The minimum Gasteiger partial charge on any atom is -0.480 e. The maximum Gasteiger partial charge on any atom is 0.326 e. The first-order chi connectivity index (χ1) is 18.9. The molecule has 1 heterocycles. The largest absolute Gasteiger partial charge is 0.480 e. The number of guanidine groups is 1. The third-order valence-corrected chi connectivity index (χ3v) is 5.87. The molecular weight excluding hydrogens is 526 g/mol. The number of carbonyl (C=O) groups is 5. The predicted molar refractivity (Wildman–Crippen MR) is 144 cm³/mol. The van der Waals surface area contributed by atoms with Crippen molar-refractivity contribution in [2.75, 3.05) is 13.2 Å². The third kappa shape index (κ3) is 9.55. The van der Waals surface area contributed by atoms with E-state index in [4.69, 9.17) is 22.9 Å². The van der Waals surface area contributed by atoms with Gasteiger partial charge in [0.25, 0.3) is 0 Å². The topological polar surface area (TPSA) is 294 Å². The average Bonchev–Trinajstić information content (AvgIpc) is 3.30. The molecule has 0 fully saturated rings. The Morgan fingerprint density at radius 2 is 1.55 bits per heavy atom. The van der Waals surface area contributed by atoms with Crippen molar-refractivity contribution >= 4 is 46.5 Å². The molecule has 0 aliphatic carbocycles. The maximum absolute atomic E-state index is 12.8. The summed E-state index contributed by atoms with van der Waals surface area (Å²) in [5.74, 6) is -5.29. The van der Waals surface area contributed by atoms with Gasteiger partial charge in [-0.25, -0.2) is 4.79 Å². The van der Waals surface area contributed by atoms with Gasteiger partial charge in [0.1, 0.15) is 18.1 Å². The molecule has 16 heteroatoms. The average molecular weight is 562 g/mol. The zero-order valence-electron chi connectivity index (χ0n) is 21.6. The number of aromatic amines is 1. The van der Waals surface area contributed by atoms with Gasteiger partial charge in [-0.15, -0.1) is 0 Å². The number of carbonyl (C=O) groups excluding carboxylic acids is 4. The number of aliphatic hydroxyl groups is 1. The van der Waals surface area contributed by atoms with Gasteiger partial charge in [0, 0.05) is 23.6 Å². The van der Waals surface area contributed by atoms with Crippen LogP contribution in [0.15, 0.2) is 35.5 Å². The Morgan fingerprint density at radius 3 is 2.17 bits per heavy atom. The molecule has 0 saturated carbocycles. The second-order valence-corrected chi connectivity index (χ2v) is 8.99. The molecular formula is C24H35N9O7. The van der Waals surface area contributed by atoms with E-state index in [-0.39, 0.29) is 31.8 Å². The van der Waals surface area contributed by atoms with Crippen LogP contribution < -0.4 is 38.9 Å². The molecule has 1 aromatic carbocycles. The molecule has 4 atom stereocenters. The van der Waals surface area contributed by atoms with Crippen LogP contribution >= 0.6 is 0 Å². The van der Waals surface area contributed by atoms with Crippen LogP contribution in [0.25, 0.3) is 10.9 Å². The van der Waals surface area contributed by atoms with Gasteiger partial charge in [-0.2, -0.15) is 0 Å². The van der Waals surface area contributed by atoms with Crippen molar-refractivity contribution in [1.29, 1.82) is 0 Å². The summed E-state index contributed by atoms with van der Waals surface area (Å²) in [5, 5.41) is 26.8. The number of nitrogens with one attached hydrogen (secondary N) is 4. The van der Waals surface area contributed by atoms with Crippen molar-refractivity contribution < 1.29 is 34.2 Å². The van der Waals surface area contributed by atoms with E-state index < -0.39 is 66.8 Å². The normalized spacial score (nSPS) is 13.8. The molecule has 4 unspecified atom stereocenters. The summed E-state index contributed by atoms with van der Waals surface area (Å²) >= 11 is 0. The van der Waals surface area contributed by atoms with Gasteiger partial charge in [-0.1, -0.05) is 18.2 Å². The van der Waals surface area contributed by atoms with Crippen LogP contribution in [0.1, 0.15) is 24.8 Å². The van der Waals surface area contributed by atoms with Gasteiger partial charge < -0.3 is 54.1 Å². The van der Waals surface area contributed by atoms with Crippen LogP contribution in [0.2, 0.25) is 0 Å². The second kappa shape index (κ2) is 15.0. The number of aromatic nitrogens is 1. The fourth-order valence-corrected chi connectivity index (χ4v) is 3.82. The molecule has 40 heavy (non-hydrogen) atoms. The van der Waals surface area contributed by atoms with E-state index >= 15 is 0 Å². The van der Waals surface area contributed by atoms with Crippen LogP contribution in [-0.4, -0.2) is 88.1 Å². The van der Waals surface area contributed by atoms with Gasteiger partial charge in [0.15, 0.2) is 5.96 Å². The molecule has 218 valence electrons. The van der Waals surface area contributed by atoms with Gasteiger partial charge in [-0.3, -0.25) is 24.2 Å². The number of aliphatic carboxylic acids is 1. The van der Waals surface area contributed by atoms with Crippen molar-refractivity contribution in [3.63, 3.8) is 0 Å². The Morgan fingerprint density at radius 1 is 0.925 bits per heavy atom. The van der Waals surface area contributed by atoms with E-state index in [1.54, 1.807) is 6.20 Å². The standard InChI is InChI=1S/C24H35N9O7/c25-14(8-12-10-30-15-5-2-1-4-13(12)15)20(36)33-18(11-34)22(38)32-17(9-19(26)35)21(37)31-16(23(39)40)6-3-7-29-24(27)28/h1-2,4-5,10,14,16-18,30,34H,3,6-9,11,25H2,(H2,26,35)(H,31,37)(H,32,38)(H,33,36)(H,39,40)(H4,27,28,29). The predicted octanol–water partition coefficient (Wildman–Crippen LogP) is -3.50. The van der Waals surface area contributed by atoms with Gasteiger partial charge in [-0.05, 0) is 30.9 Å². The van der Waals surface area contributed by atoms with Crippen molar-refractivity contribution in [2.24, 2.45) is 27.9 Å². The monoisotopic (exact) mass is 561 g/mol. The number of nitrogens with two attached hydrogens (primary N) is 4. The zero-order valence-corrected chi connectivity index (χ0v) is 21.6. The number of hydrogen-bond donors (Lipinski definition) is 10. The number of nitrogens with zero attached hydrogens (tertiary/aromatic N) is 1. The van der Waals surface area contributed by atoms with Gasteiger partial charge >= 0.3 is 5.97 Å². The quantitative estimate of drug-likeness (QED) is 0.0547. The number of fused-ring (bicyclic) bond motifs is 1. The van der Waals surface area contributed by atoms with Gasteiger partial charge in [0.2, 0.25) is 23.6 Å². The minimum atomic E-state index is -1.59. The van der Waals surface area contributed by atoms with Crippen LogP contribution in [0.4, 0.5) is 0 Å². The van der Waals surface area contributed by atoms with Crippen LogP contribution in [0.5, 0.6) is 0 Å². The lowest BCUT2D eigenvalue weighted by molar-refractivity contribution is -0.142. The highest BCUT2D eigenvalue weighted by Crippen LogP contribution is 2.18. The Hall–Kier alpha value is -4.70. The Bertz CT molecular complexity index is 1240. The summed E-state index contributed by atoms with van der Waals surface area (Å²) in [7, 11) is 0. The highest BCUT2D eigenvalue weighted by atomic mass is 16.4. The summed E-state index contributed by atoms with van der Waals surface area (Å²) < 4.78 is 0. The smallest absolute Gasteiger partial charge is 0.326 e. The van der Waals surface area contributed by atoms with E-state index in [2.05, 4.69) is 25.9 Å². The fraction of sp³-hybridized carbons (Fsp3) is 0.417. The summed E-state index contributed by atoms with van der Waals surface area (Å²) in [6.07, 6.45) is 1.32. The first-order valence-electron chi connectivity index (χ1n) is 12.3. The first-order valence-corrected chi connectivity index (χ1v) is 12.3. The fourth-order valence-electron chi connectivity index (χ4n) is 3.82. The van der Waals surface area contributed by atoms with Crippen LogP contribution in [0.3, 0.4) is 0 Å². The lowest BCUT2D eigenvalue weighted by Crippen LogP contribution is -2.58. The molecule has 14 N–H and O–H groups in total. The molecule has 16 nitrogen and oxygen atoms in total. The number of benzene rings is 1. The van der Waals surface area contributed by atoms with E-state index in [9.17, 15) is 34.2 Å². The van der Waals surface area contributed by atoms with Crippen LogP contribution in [-0.2, 0) is 30.4 Å². The zero-order chi connectivity index (χ0) is 29.8. The highest BCUT2D eigenvalue weighted by Gasteiger charge is 2.31. The number of carboxylic acid groups (broad SMARTS) is 1. The van der Waals surface area contributed by atoms with Crippen molar-refractivity contribution in [1.82, 2.24) is 20.9 Å². The molecule has 1 aromatic heterocycles. The number of aliphatic imine (C=N–C) groups is 1. The summed E-state index contributed by atoms with van der Waals surface area (Å²) in [5.41, 5.74) is 23.3. The molecule has 0 spiro atoms. The van der Waals surface area contributed by atoms with Crippen molar-refractivity contribution in [3.8, 4) is 0 Å². The Balaban J connectivity index is 2.02. The lowest BCUT2D eigenvalue weighted by Gasteiger charge is -2.24. The Labute approximate surface area is 228 Å². The van der Waals surface area contributed by atoms with E-state index in [1.807, 2.05) is 24.3 Å². The molecule has 2 rings (SSSR count). The molecule has 0 aliphatic rings. The molecule has 0 aliphatic heterocycles. The number of carboxylic acids is 1. The third-order valence-electron chi connectivity index (χ3n) is 5.87.